The second kappa shape index (κ2) is 7.31. The maximum atomic E-state index is 12.1. The summed E-state index contributed by atoms with van der Waals surface area (Å²) in [5, 5.41) is 11.7. The number of carbonyl (C=O) groups is 1. The monoisotopic (exact) mass is 338 g/mol. The van der Waals surface area contributed by atoms with Crippen molar-refractivity contribution < 1.29 is 4.79 Å². The highest BCUT2D eigenvalue weighted by atomic mass is 32.2. The average Bonchev–Trinajstić information content (AvgIpc) is 2.93. The van der Waals surface area contributed by atoms with Gasteiger partial charge in [-0.1, -0.05) is 54.2 Å². The molecule has 1 heterocycles. The lowest BCUT2D eigenvalue weighted by molar-refractivity contribution is -0.113. The van der Waals surface area contributed by atoms with Crippen molar-refractivity contribution in [3.05, 3.63) is 60.4 Å². The van der Waals surface area contributed by atoms with Gasteiger partial charge < -0.3 is 9.88 Å². The molecule has 0 aliphatic rings. The maximum Gasteiger partial charge on any atom is 0.234 e. The summed E-state index contributed by atoms with van der Waals surface area (Å²) in [7, 11) is 1.89. The van der Waals surface area contributed by atoms with Gasteiger partial charge in [-0.2, -0.15) is 0 Å². The van der Waals surface area contributed by atoms with E-state index in [-0.39, 0.29) is 5.91 Å². The summed E-state index contributed by atoms with van der Waals surface area (Å²) in [5.74, 6) is 1.06. The molecular formula is C18H18N4OS. The largest absolute Gasteiger partial charge is 0.325 e. The third-order valence-corrected chi connectivity index (χ3v) is 4.68. The van der Waals surface area contributed by atoms with Gasteiger partial charge in [0.05, 0.1) is 5.75 Å². The van der Waals surface area contributed by atoms with E-state index in [1.54, 1.807) is 0 Å². The van der Waals surface area contributed by atoms with E-state index in [0.29, 0.717) is 5.75 Å². The van der Waals surface area contributed by atoms with Crippen molar-refractivity contribution in [3.8, 4) is 11.1 Å². The molecule has 1 amide bonds. The van der Waals surface area contributed by atoms with Crippen molar-refractivity contribution in [2.45, 2.75) is 12.1 Å². The molecule has 5 nitrogen and oxygen atoms in total. The van der Waals surface area contributed by atoms with E-state index in [4.69, 9.17) is 0 Å². The highest BCUT2D eigenvalue weighted by molar-refractivity contribution is 7.99. The van der Waals surface area contributed by atoms with E-state index in [1.807, 2.05) is 61.0 Å². The quantitative estimate of drug-likeness (QED) is 0.723. The number of aryl methyl sites for hydroxylation is 1. The summed E-state index contributed by atoms with van der Waals surface area (Å²) in [6.45, 7) is 1.88. The van der Waals surface area contributed by atoms with Gasteiger partial charge in [-0.05, 0) is 30.2 Å². The van der Waals surface area contributed by atoms with E-state index >= 15 is 0 Å². The van der Waals surface area contributed by atoms with Crippen LogP contribution in [0.2, 0.25) is 0 Å². The minimum absolute atomic E-state index is 0.0619. The zero-order valence-corrected chi connectivity index (χ0v) is 14.4. The van der Waals surface area contributed by atoms with Crippen LogP contribution in [0.15, 0.2) is 59.8 Å². The van der Waals surface area contributed by atoms with Crippen molar-refractivity contribution in [3.63, 3.8) is 0 Å². The summed E-state index contributed by atoms with van der Waals surface area (Å²) >= 11 is 1.37. The smallest absolute Gasteiger partial charge is 0.234 e. The van der Waals surface area contributed by atoms with Gasteiger partial charge in [0.2, 0.25) is 5.91 Å². The molecule has 0 radical (unpaired) electrons. The van der Waals surface area contributed by atoms with Crippen molar-refractivity contribution in [1.82, 2.24) is 14.8 Å². The van der Waals surface area contributed by atoms with Gasteiger partial charge in [-0.25, -0.2) is 0 Å². The van der Waals surface area contributed by atoms with Crippen LogP contribution in [0.25, 0.3) is 11.1 Å². The minimum atomic E-state index is -0.0619. The molecule has 0 atom stereocenters. The van der Waals surface area contributed by atoms with Gasteiger partial charge in [-0.15, -0.1) is 10.2 Å². The van der Waals surface area contributed by atoms with E-state index in [9.17, 15) is 4.79 Å². The number of nitrogens with zero attached hydrogens (tertiary/aromatic N) is 3. The molecule has 0 unspecified atom stereocenters. The molecule has 0 saturated heterocycles. The highest BCUT2D eigenvalue weighted by Gasteiger charge is 2.09. The maximum absolute atomic E-state index is 12.1. The van der Waals surface area contributed by atoms with Crippen molar-refractivity contribution >= 4 is 23.4 Å². The fraction of sp³-hybridized carbons (Fsp3) is 0.167. The van der Waals surface area contributed by atoms with Crippen molar-refractivity contribution in [2.24, 2.45) is 7.05 Å². The highest BCUT2D eigenvalue weighted by Crippen LogP contribution is 2.21. The summed E-state index contributed by atoms with van der Waals surface area (Å²) in [4.78, 5) is 12.1. The van der Waals surface area contributed by atoms with Crippen molar-refractivity contribution in [1.29, 1.82) is 0 Å². The molecule has 6 heteroatoms. The Labute approximate surface area is 145 Å². The van der Waals surface area contributed by atoms with Gasteiger partial charge in [0.15, 0.2) is 5.16 Å². The summed E-state index contributed by atoms with van der Waals surface area (Å²) in [6, 6.07) is 18.0. The number of thioether (sulfide) groups is 1. The first-order chi connectivity index (χ1) is 11.6. The Morgan fingerprint density at radius 2 is 1.71 bits per heavy atom. The van der Waals surface area contributed by atoms with Crippen LogP contribution >= 0.6 is 11.8 Å². The Kier molecular flexibility index (Phi) is 4.96. The first-order valence-corrected chi connectivity index (χ1v) is 8.56. The number of hydrogen-bond donors (Lipinski definition) is 1. The molecule has 0 aliphatic carbocycles. The van der Waals surface area contributed by atoms with Crippen LogP contribution in [0.4, 0.5) is 5.69 Å². The molecule has 0 saturated carbocycles. The Morgan fingerprint density at radius 3 is 2.33 bits per heavy atom. The van der Waals surface area contributed by atoms with Crippen molar-refractivity contribution in [2.75, 3.05) is 11.1 Å². The second-order valence-corrected chi connectivity index (χ2v) is 6.31. The van der Waals surface area contributed by atoms with Gasteiger partial charge in [0.25, 0.3) is 0 Å². The Hall–Kier alpha value is -2.60. The van der Waals surface area contributed by atoms with Gasteiger partial charge >= 0.3 is 0 Å². The molecule has 122 valence electrons. The summed E-state index contributed by atoms with van der Waals surface area (Å²) < 4.78 is 1.87. The molecule has 0 bridgehead atoms. The standard InChI is InChI=1S/C18H18N4OS/c1-13-20-21-18(22(13)2)24-12-17(23)19-16-10-8-15(9-11-16)14-6-4-3-5-7-14/h3-11H,12H2,1-2H3,(H,19,23). The first-order valence-electron chi connectivity index (χ1n) is 7.57. The lowest BCUT2D eigenvalue weighted by Gasteiger charge is -2.07. The molecule has 0 aliphatic heterocycles. The number of hydrogen-bond acceptors (Lipinski definition) is 4. The van der Waals surface area contributed by atoms with E-state index in [2.05, 4.69) is 27.6 Å². The fourth-order valence-corrected chi connectivity index (χ4v) is 2.97. The van der Waals surface area contributed by atoms with Crippen LogP contribution in [0.3, 0.4) is 0 Å². The van der Waals surface area contributed by atoms with E-state index in [1.165, 1.54) is 11.8 Å². The molecule has 2 aromatic carbocycles. The van der Waals surface area contributed by atoms with Crippen LogP contribution in [0.1, 0.15) is 5.82 Å². The lowest BCUT2D eigenvalue weighted by atomic mass is 10.1. The van der Waals surface area contributed by atoms with Gasteiger partial charge in [0, 0.05) is 12.7 Å². The van der Waals surface area contributed by atoms with Gasteiger partial charge in [-0.3, -0.25) is 4.79 Å². The number of amides is 1. The third kappa shape index (κ3) is 3.83. The van der Waals surface area contributed by atoms with Crippen LogP contribution in [-0.2, 0) is 11.8 Å². The number of rotatable bonds is 5. The van der Waals surface area contributed by atoms with Crippen LogP contribution in [0.5, 0.6) is 0 Å². The predicted octanol–water partition coefficient (Wildman–Crippen LogP) is 3.52. The topological polar surface area (TPSA) is 59.8 Å². The molecule has 0 spiro atoms. The SMILES string of the molecule is Cc1nnc(SCC(=O)Nc2ccc(-c3ccccc3)cc2)n1C. The van der Waals surface area contributed by atoms with E-state index in [0.717, 1.165) is 27.8 Å². The zero-order chi connectivity index (χ0) is 16.9. The van der Waals surface area contributed by atoms with Gasteiger partial charge in [0.1, 0.15) is 5.82 Å². The number of anilines is 1. The number of benzene rings is 2. The third-order valence-electron chi connectivity index (χ3n) is 3.66. The molecule has 24 heavy (non-hydrogen) atoms. The van der Waals surface area contributed by atoms with Crippen LogP contribution < -0.4 is 5.32 Å². The summed E-state index contributed by atoms with van der Waals surface area (Å²) in [5.41, 5.74) is 3.07. The summed E-state index contributed by atoms with van der Waals surface area (Å²) in [6.07, 6.45) is 0. The minimum Gasteiger partial charge on any atom is -0.325 e. The second-order valence-electron chi connectivity index (χ2n) is 5.37. The Morgan fingerprint density at radius 1 is 1.04 bits per heavy atom. The molecular weight excluding hydrogens is 320 g/mol. The van der Waals surface area contributed by atoms with Crippen LogP contribution in [-0.4, -0.2) is 26.4 Å². The normalized spacial score (nSPS) is 10.6. The molecule has 1 aromatic heterocycles. The van der Waals surface area contributed by atoms with Crippen LogP contribution in [0, 0.1) is 6.92 Å². The predicted molar refractivity (Wildman–Crippen MR) is 97.0 cm³/mol. The molecule has 0 fully saturated rings. The number of carbonyl (C=O) groups excluding carboxylic acids is 1. The van der Waals surface area contributed by atoms with E-state index < -0.39 is 0 Å². The molecule has 1 N–H and O–H groups in total. The lowest BCUT2D eigenvalue weighted by Crippen LogP contribution is -2.14. The number of aromatic nitrogens is 3. The average molecular weight is 338 g/mol. The molecule has 3 rings (SSSR count). The Bertz CT molecular complexity index is 828. The Balaban J connectivity index is 1.57. The zero-order valence-electron chi connectivity index (χ0n) is 13.6. The molecule has 3 aromatic rings. The number of nitrogens with one attached hydrogen (secondary N) is 1. The fourth-order valence-electron chi connectivity index (χ4n) is 2.22. The first kappa shape index (κ1) is 16.3.